The van der Waals surface area contributed by atoms with Gasteiger partial charge in [0.1, 0.15) is 16.5 Å². The van der Waals surface area contributed by atoms with Gasteiger partial charge in [-0.1, -0.05) is 125 Å². The second kappa shape index (κ2) is 19.3. The van der Waals surface area contributed by atoms with Gasteiger partial charge in [-0.25, -0.2) is 4.52 Å². The van der Waals surface area contributed by atoms with Crippen molar-refractivity contribution in [2.75, 3.05) is 23.8 Å². The van der Waals surface area contributed by atoms with Crippen LogP contribution in [0.3, 0.4) is 0 Å². The van der Waals surface area contributed by atoms with Gasteiger partial charge in [0.2, 0.25) is 5.91 Å². The maximum absolute atomic E-state index is 13.6. The van der Waals surface area contributed by atoms with Crippen molar-refractivity contribution in [1.82, 2.24) is 30.4 Å². The fourth-order valence-electron chi connectivity index (χ4n) is 7.08. The smallest absolute Gasteiger partial charge is 0.265 e. The molecule has 5 rings (SSSR count). The van der Waals surface area contributed by atoms with E-state index in [-0.39, 0.29) is 46.6 Å². The number of nitrogens with one attached hydrogen (secondary N) is 5. The average Bonchev–Trinajstić information content (AvgIpc) is 3.81. The SMILES string of the molecule is CCC(Oc1ccc(C(C)(C)C)cc1C(C)(C)CC)C(=O)Nc1cccc(C(=O)NCC(=O)Nc2ccccc2OCC(=O)NC(C)(C)C(C)(C)c2nnc3c(Cl)c(C(C)(C)C)[nH]n23)c1. The molecule has 0 radical (unpaired) electrons. The standard InChI is InChI=1S/C50H67ClN8O6/c1-15-35(65-36-25-24-31(46(3,4)5)27-33(36)48(9,10)16-2)44(63)53-32-21-19-20-30(26-32)43(62)52-28-38(60)54-34-22-17-18-23-37(34)64-29-39(61)55-50(13,14)49(11,12)45-57-56-42-40(51)41(47(6,7)8)58-59(42)45/h17-27,35,58H,15-16,28-29H2,1-14H3,(H,52,62)(H,53,63)(H,54,60)(H,55,61). The van der Waals surface area contributed by atoms with E-state index in [2.05, 4.69) is 111 Å². The number of carbonyl (C=O) groups excluding carboxylic acids is 4. The molecule has 2 aromatic heterocycles. The number of carbonyl (C=O) groups is 4. The Balaban J connectivity index is 1.16. The molecule has 0 saturated carbocycles. The van der Waals surface area contributed by atoms with E-state index in [1.807, 2.05) is 40.7 Å². The summed E-state index contributed by atoms with van der Waals surface area (Å²) >= 11 is 6.68. The van der Waals surface area contributed by atoms with Gasteiger partial charge in [-0.05, 0) is 79.5 Å². The average molecular weight is 912 g/mol. The molecule has 0 aliphatic rings. The maximum Gasteiger partial charge on any atom is 0.265 e. The first-order valence-corrected chi connectivity index (χ1v) is 22.5. The Kier molecular flexibility index (Phi) is 14.9. The first-order valence-electron chi connectivity index (χ1n) is 22.2. The number of anilines is 2. The summed E-state index contributed by atoms with van der Waals surface area (Å²) in [6.07, 6.45) is 0.523. The highest BCUT2D eigenvalue weighted by atomic mass is 35.5. The largest absolute Gasteiger partial charge is 0.482 e. The summed E-state index contributed by atoms with van der Waals surface area (Å²) in [5, 5.41) is 24.0. The van der Waals surface area contributed by atoms with Crippen LogP contribution in [-0.4, -0.2) is 68.2 Å². The Hall–Kier alpha value is -5.89. The minimum absolute atomic E-state index is 0.0512. The van der Waals surface area contributed by atoms with Crippen LogP contribution in [0.15, 0.2) is 66.7 Å². The minimum Gasteiger partial charge on any atom is -0.482 e. The van der Waals surface area contributed by atoms with Crippen LogP contribution in [0.25, 0.3) is 5.65 Å². The molecule has 0 bridgehead atoms. The van der Waals surface area contributed by atoms with E-state index >= 15 is 0 Å². The van der Waals surface area contributed by atoms with Gasteiger partial charge >= 0.3 is 0 Å². The molecule has 2 heterocycles. The van der Waals surface area contributed by atoms with E-state index < -0.39 is 34.8 Å². The Bertz CT molecular complexity index is 2540. The van der Waals surface area contributed by atoms with Crippen molar-refractivity contribution in [1.29, 1.82) is 0 Å². The van der Waals surface area contributed by atoms with Crippen LogP contribution in [0.1, 0.15) is 143 Å². The van der Waals surface area contributed by atoms with E-state index in [9.17, 15) is 19.2 Å². The van der Waals surface area contributed by atoms with E-state index in [1.54, 1.807) is 53.0 Å². The highest BCUT2D eigenvalue weighted by Gasteiger charge is 2.44. The molecule has 5 aromatic rings. The van der Waals surface area contributed by atoms with Crippen LogP contribution < -0.4 is 30.7 Å². The quantitative estimate of drug-likeness (QED) is 0.0612. The van der Waals surface area contributed by atoms with Crippen molar-refractivity contribution < 1.29 is 28.7 Å². The molecule has 4 amide bonds. The molecule has 350 valence electrons. The molecular formula is C50H67ClN8O6. The maximum atomic E-state index is 13.6. The second-order valence-corrected chi connectivity index (χ2v) is 20.7. The van der Waals surface area contributed by atoms with E-state index in [0.717, 1.165) is 17.7 Å². The van der Waals surface area contributed by atoms with Crippen LogP contribution in [0.5, 0.6) is 11.5 Å². The zero-order chi connectivity index (χ0) is 48.3. The number of halogens is 1. The van der Waals surface area contributed by atoms with E-state index in [1.165, 1.54) is 5.56 Å². The van der Waals surface area contributed by atoms with Crippen LogP contribution >= 0.6 is 11.6 Å². The molecule has 0 saturated heterocycles. The second-order valence-electron chi connectivity index (χ2n) is 20.3. The number of para-hydroxylation sites is 2. The lowest BCUT2D eigenvalue weighted by atomic mass is 9.73. The first kappa shape index (κ1) is 50.1. The van der Waals surface area contributed by atoms with Crippen LogP contribution in [0, 0.1) is 0 Å². The molecule has 0 aliphatic carbocycles. The molecule has 1 atom stereocenters. The fourth-order valence-corrected chi connectivity index (χ4v) is 7.53. The van der Waals surface area contributed by atoms with Gasteiger partial charge in [0.25, 0.3) is 17.7 Å². The monoisotopic (exact) mass is 910 g/mol. The Morgan fingerprint density at radius 3 is 2.12 bits per heavy atom. The molecule has 0 spiro atoms. The number of rotatable bonds is 17. The normalized spacial score (nSPS) is 13.0. The number of nitrogens with zero attached hydrogens (tertiary/aromatic N) is 3. The van der Waals surface area contributed by atoms with Crippen molar-refractivity contribution in [3.05, 3.63) is 100.0 Å². The van der Waals surface area contributed by atoms with E-state index in [0.29, 0.717) is 40.0 Å². The van der Waals surface area contributed by atoms with Crippen molar-refractivity contribution in [2.24, 2.45) is 0 Å². The predicted octanol–water partition coefficient (Wildman–Crippen LogP) is 9.41. The lowest BCUT2D eigenvalue weighted by molar-refractivity contribution is -0.125. The number of aromatic nitrogens is 4. The number of ether oxygens (including phenoxy) is 2. The van der Waals surface area contributed by atoms with Gasteiger partial charge in [0.05, 0.1) is 17.9 Å². The molecule has 0 fully saturated rings. The predicted molar refractivity (Wildman–Crippen MR) is 257 cm³/mol. The number of H-pyrrole nitrogens is 1. The first-order chi connectivity index (χ1) is 30.2. The van der Waals surface area contributed by atoms with Gasteiger partial charge in [-0.3, -0.25) is 24.3 Å². The summed E-state index contributed by atoms with van der Waals surface area (Å²) in [6, 6.07) is 19.4. The number of benzene rings is 3. The summed E-state index contributed by atoms with van der Waals surface area (Å²) < 4.78 is 14.1. The zero-order valence-corrected chi connectivity index (χ0v) is 41.2. The van der Waals surface area contributed by atoms with Gasteiger partial charge in [0, 0.05) is 33.2 Å². The lowest BCUT2D eigenvalue weighted by Gasteiger charge is -2.40. The van der Waals surface area contributed by atoms with Gasteiger partial charge in [-0.15, -0.1) is 10.2 Å². The Morgan fingerprint density at radius 1 is 0.785 bits per heavy atom. The number of hydrogen-bond acceptors (Lipinski definition) is 8. The van der Waals surface area contributed by atoms with Gasteiger partial charge < -0.3 is 30.7 Å². The number of hydrogen-bond donors (Lipinski definition) is 5. The highest BCUT2D eigenvalue weighted by molar-refractivity contribution is 6.34. The summed E-state index contributed by atoms with van der Waals surface area (Å²) in [5.41, 5.74) is 2.47. The van der Waals surface area contributed by atoms with Gasteiger partial charge in [-0.2, -0.15) is 0 Å². The number of aromatic amines is 1. The van der Waals surface area contributed by atoms with Crippen LogP contribution in [-0.2, 0) is 36.0 Å². The summed E-state index contributed by atoms with van der Waals surface area (Å²) in [5.74, 6) is -0.261. The summed E-state index contributed by atoms with van der Waals surface area (Å²) in [6.45, 7) is 28.0. The molecule has 3 aromatic carbocycles. The molecule has 15 heteroatoms. The van der Waals surface area contributed by atoms with Crippen molar-refractivity contribution in [3.8, 4) is 11.5 Å². The third-order valence-electron chi connectivity index (χ3n) is 12.3. The van der Waals surface area contributed by atoms with E-state index in [4.69, 9.17) is 21.1 Å². The molecular weight excluding hydrogens is 844 g/mol. The zero-order valence-electron chi connectivity index (χ0n) is 40.4. The van der Waals surface area contributed by atoms with Crippen LogP contribution in [0.2, 0.25) is 5.02 Å². The topological polar surface area (TPSA) is 181 Å². The molecule has 14 nitrogen and oxygen atoms in total. The summed E-state index contributed by atoms with van der Waals surface area (Å²) in [7, 11) is 0. The molecule has 5 N–H and O–H groups in total. The lowest BCUT2D eigenvalue weighted by Crippen LogP contribution is -2.57. The van der Waals surface area contributed by atoms with Crippen molar-refractivity contribution in [2.45, 2.75) is 143 Å². The molecule has 1 unspecified atom stereocenters. The fraction of sp³-hybridized carbons (Fsp3) is 0.480. The third kappa shape index (κ3) is 11.5. The minimum atomic E-state index is -0.839. The van der Waals surface area contributed by atoms with Crippen molar-refractivity contribution in [3.63, 3.8) is 0 Å². The van der Waals surface area contributed by atoms with Crippen LogP contribution in [0.4, 0.5) is 11.4 Å². The Morgan fingerprint density at radius 2 is 1.48 bits per heavy atom. The number of amides is 4. The number of fused-ring (bicyclic) bond motifs is 1. The highest BCUT2D eigenvalue weighted by Crippen LogP contribution is 2.39. The van der Waals surface area contributed by atoms with Gasteiger partial charge in [0.15, 0.2) is 24.2 Å². The Labute approximate surface area is 388 Å². The third-order valence-corrected chi connectivity index (χ3v) is 12.7. The van der Waals surface area contributed by atoms with Crippen molar-refractivity contribution >= 4 is 52.3 Å². The molecule has 0 aliphatic heterocycles. The molecule has 65 heavy (non-hydrogen) atoms. The summed E-state index contributed by atoms with van der Waals surface area (Å²) in [4.78, 5) is 53.3.